The van der Waals surface area contributed by atoms with Crippen LogP contribution in [0.15, 0.2) is 78.9 Å². The van der Waals surface area contributed by atoms with Gasteiger partial charge in [-0.1, -0.05) is 66.7 Å². The van der Waals surface area contributed by atoms with Crippen molar-refractivity contribution in [2.75, 3.05) is 20.2 Å². The first-order valence-corrected chi connectivity index (χ1v) is 12.3. The quantitative estimate of drug-likeness (QED) is 0.434. The lowest BCUT2D eigenvalue weighted by Crippen LogP contribution is -2.60. The van der Waals surface area contributed by atoms with E-state index in [1.54, 1.807) is 24.3 Å². The van der Waals surface area contributed by atoms with E-state index in [1.165, 1.54) is 12.0 Å². The number of Topliss-reactive ketones (excluding diaryl/α,β-unsaturated/α-hetero) is 1. The number of aliphatic carboxylic acids is 1. The summed E-state index contributed by atoms with van der Waals surface area (Å²) in [6.07, 6.45) is 1.53. The predicted molar refractivity (Wildman–Crippen MR) is 133 cm³/mol. The Balaban J connectivity index is 1.49. The average molecular weight is 482 g/mol. The van der Waals surface area contributed by atoms with Crippen LogP contribution in [-0.4, -0.2) is 47.9 Å². The highest BCUT2D eigenvalue weighted by Crippen LogP contribution is 2.68. The molecule has 1 saturated heterocycles. The summed E-state index contributed by atoms with van der Waals surface area (Å²) in [6.45, 7) is 0.228. The zero-order valence-electron chi connectivity index (χ0n) is 20.0. The van der Waals surface area contributed by atoms with Crippen LogP contribution in [0.5, 0.6) is 5.75 Å². The van der Waals surface area contributed by atoms with Gasteiger partial charge in [0.15, 0.2) is 0 Å². The fourth-order valence-corrected chi connectivity index (χ4v) is 7.44. The highest BCUT2D eigenvalue weighted by Gasteiger charge is 2.71. The molecule has 1 heterocycles. The SMILES string of the molecule is COc1ccccc1C(=O)C(=O)N1CC2C3(c4ccccc4)CCC(c4ccccc43)C2(C(=O)O)C1. The summed E-state index contributed by atoms with van der Waals surface area (Å²) in [5, 5.41) is 10.8. The minimum atomic E-state index is -1.17. The molecule has 1 N–H and O–H groups in total. The lowest BCUT2D eigenvalue weighted by Gasteiger charge is -2.59. The summed E-state index contributed by atoms with van der Waals surface area (Å²) in [4.78, 5) is 41.6. The lowest BCUT2D eigenvalue weighted by atomic mass is 9.42. The average Bonchev–Trinajstić information content (AvgIpc) is 3.37. The van der Waals surface area contributed by atoms with Crippen molar-refractivity contribution in [2.45, 2.75) is 24.2 Å². The molecule has 6 heteroatoms. The Morgan fingerprint density at radius 2 is 1.64 bits per heavy atom. The van der Waals surface area contributed by atoms with E-state index >= 15 is 0 Å². The molecule has 3 aliphatic carbocycles. The third kappa shape index (κ3) is 2.81. The largest absolute Gasteiger partial charge is 0.496 e. The highest BCUT2D eigenvalue weighted by atomic mass is 16.5. The van der Waals surface area contributed by atoms with Gasteiger partial charge in [-0.2, -0.15) is 0 Å². The number of carbonyl (C=O) groups is 3. The number of ketones is 1. The summed E-state index contributed by atoms with van der Waals surface area (Å²) in [5.74, 6) is -2.50. The van der Waals surface area contributed by atoms with Gasteiger partial charge in [0.25, 0.3) is 11.7 Å². The van der Waals surface area contributed by atoms with Crippen molar-refractivity contribution in [1.82, 2.24) is 4.90 Å². The smallest absolute Gasteiger partial charge is 0.312 e. The molecule has 1 aliphatic heterocycles. The van der Waals surface area contributed by atoms with Crippen molar-refractivity contribution in [2.24, 2.45) is 11.3 Å². The zero-order chi connectivity index (χ0) is 25.1. The van der Waals surface area contributed by atoms with E-state index in [2.05, 4.69) is 18.2 Å². The topological polar surface area (TPSA) is 83.9 Å². The molecule has 4 atom stereocenters. The van der Waals surface area contributed by atoms with Gasteiger partial charge in [-0.3, -0.25) is 14.4 Å². The van der Waals surface area contributed by atoms with Crippen LogP contribution in [0.2, 0.25) is 0 Å². The van der Waals surface area contributed by atoms with Crippen molar-refractivity contribution < 1.29 is 24.2 Å². The summed E-state index contributed by atoms with van der Waals surface area (Å²) in [6, 6.07) is 24.8. The number of fused-ring (bicyclic) bond motifs is 1. The van der Waals surface area contributed by atoms with E-state index in [-0.39, 0.29) is 30.5 Å². The van der Waals surface area contributed by atoms with Crippen LogP contribution in [0, 0.1) is 11.3 Å². The molecule has 6 nitrogen and oxygen atoms in total. The maximum absolute atomic E-state index is 13.6. The molecule has 1 saturated carbocycles. The van der Waals surface area contributed by atoms with E-state index in [4.69, 9.17) is 4.74 Å². The maximum Gasteiger partial charge on any atom is 0.312 e. The van der Waals surface area contributed by atoms with Gasteiger partial charge in [-0.25, -0.2) is 0 Å². The van der Waals surface area contributed by atoms with Gasteiger partial charge >= 0.3 is 5.97 Å². The maximum atomic E-state index is 13.6. The van der Waals surface area contributed by atoms with Gasteiger partial charge in [0.05, 0.1) is 18.1 Å². The molecular weight excluding hydrogens is 454 g/mol. The third-order valence-electron chi connectivity index (χ3n) is 8.86. The second-order valence-corrected chi connectivity index (χ2v) is 10.1. The zero-order valence-corrected chi connectivity index (χ0v) is 20.0. The predicted octanol–water partition coefficient (Wildman–Crippen LogP) is 4.28. The Morgan fingerprint density at radius 3 is 2.39 bits per heavy atom. The summed E-state index contributed by atoms with van der Waals surface area (Å²) >= 11 is 0. The number of hydrogen-bond donors (Lipinski definition) is 1. The molecule has 7 rings (SSSR count). The van der Waals surface area contributed by atoms with Gasteiger partial charge in [-0.15, -0.1) is 0 Å². The molecule has 1 amide bonds. The number of ether oxygens (including phenoxy) is 1. The molecule has 3 aromatic carbocycles. The van der Waals surface area contributed by atoms with Crippen LogP contribution in [0.1, 0.15) is 45.8 Å². The monoisotopic (exact) mass is 481 g/mol. The van der Waals surface area contributed by atoms with Gasteiger partial charge in [0.1, 0.15) is 5.75 Å². The van der Waals surface area contributed by atoms with Crippen molar-refractivity contribution in [3.05, 3.63) is 101 Å². The molecule has 36 heavy (non-hydrogen) atoms. The van der Waals surface area contributed by atoms with Crippen LogP contribution in [0.25, 0.3) is 0 Å². The van der Waals surface area contributed by atoms with E-state index in [0.717, 1.165) is 29.5 Å². The first kappa shape index (κ1) is 22.5. The van der Waals surface area contributed by atoms with E-state index in [9.17, 15) is 19.5 Å². The second kappa shape index (κ2) is 8.05. The number of para-hydroxylation sites is 1. The molecule has 182 valence electrons. The molecule has 4 unspecified atom stereocenters. The van der Waals surface area contributed by atoms with Crippen LogP contribution < -0.4 is 4.74 Å². The third-order valence-corrected chi connectivity index (χ3v) is 8.86. The molecule has 3 aromatic rings. The minimum absolute atomic E-state index is 0.0142. The number of methoxy groups -OCH3 is 1. The summed E-state index contributed by atoms with van der Waals surface area (Å²) in [5.41, 5.74) is 1.74. The van der Waals surface area contributed by atoms with Gasteiger partial charge in [-0.05, 0) is 41.7 Å². The van der Waals surface area contributed by atoms with Gasteiger partial charge < -0.3 is 14.7 Å². The fraction of sp³-hybridized carbons (Fsp3) is 0.300. The minimum Gasteiger partial charge on any atom is -0.496 e. The Kier molecular flexibility index (Phi) is 5.04. The molecule has 0 aromatic heterocycles. The van der Waals surface area contributed by atoms with Crippen LogP contribution in [0.3, 0.4) is 0 Å². The molecule has 2 fully saturated rings. The van der Waals surface area contributed by atoms with Gasteiger partial charge in [0, 0.05) is 30.3 Å². The number of rotatable bonds is 5. The second-order valence-electron chi connectivity index (χ2n) is 10.1. The number of nitrogens with zero attached hydrogens (tertiary/aromatic N) is 1. The number of hydrogen-bond acceptors (Lipinski definition) is 4. The highest BCUT2D eigenvalue weighted by molar-refractivity contribution is 6.43. The number of carbonyl (C=O) groups excluding carboxylic acids is 2. The Hall–Kier alpha value is -3.93. The standard InChI is InChI=1S/C30H27NO5/c1-36-24-14-8-6-12-21(24)26(32)27(33)31-17-25-29(19-9-3-2-4-10-19)16-15-23(30(25,18-31)28(34)35)20-11-5-7-13-22(20)29/h2-14,23,25H,15-18H2,1H3,(H,34,35). The molecule has 2 bridgehead atoms. The fourth-order valence-electron chi connectivity index (χ4n) is 7.44. The van der Waals surface area contributed by atoms with E-state index in [0.29, 0.717) is 5.75 Å². The molecule has 0 radical (unpaired) electrons. The molecule has 4 aliphatic rings. The summed E-state index contributed by atoms with van der Waals surface area (Å²) < 4.78 is 5.31. The van der Waals surface area contributed by atoms with Crippen molar-refractivity contribution >= 4 is 17.7 Å². The van der Waals surface area contributed by atoms with Crippen LogP contribution in [-0.2, 0) is 15.0 Å². The Bertz CT molecular complexity index is 1380. The number of amides is 1. The Labute approximate surface area is 209 Å². The van der Waals surface area contributed by atoms with Crippen LogP contribution in [0.4, 0.5) is 0 Å². The van der Waals surface area contributed by atoms with E-state index in [1.807, 2.05) is 36.4 Å². The Morgan fingerprint density at radius 1 is 0.944 bits per heavy atom. The summed E-state index contributed by atoms with van der Waals surface area (Å²) in [7, 11) is 1.46. The first-order chi connectivity index (χ1) is 17.4. The number of benzene rings is 3. The van der Waals surface area contributed by atoms with Crippen molar-refractivity contribution in [1.29, 1.82) is 0 Å². The van der Waals surface area contributed by atoms with Crippen molar-refractivity contribution in [3.8, 4) is 5.75 Å². The normalized spacial score (nSPS) is 27.8. The molecular formula is C30H27NO5. The van der Waals surface area contributed by atoms with Crippen molar-refractivity contribution in [3.63, 3.8) is 0 Å². The van der Waals surface area contributed by atoms with Gasteiger partial charge in [0.2, 0.25) is 0 Å². The van der Waals surface area contributed by atoms with E-state index < -0.39 is 28.5 Å². The van der Waals surface area contributed by atoms with Crippen LogP contribution >= 0.6 is 0 Å². The number of carboxylic acid groups (broad SMARTS) is 1. The number of carboxylic acids is 1. The lowest BCUT2D eigenvalue weighted by molar-refractivity contribution is -0.157. The number of likely N-dealkylation sites (tertiary alicyclic amines) is 1. The molecule has 0 spiro atoms. The first-order valence-electron chi connectivity index (χ1n) is 12.3.